The van der Waals surface area contributed by atoms with Gasteiger partial charge in [0.05, 0.1) is 23.5 Å². The van der Waals surface area contributed by atoms with Gasteiger partial charge in [0, 0.05) is 12.2 Å². The molecule has 39 heavy (non-hydrogen) atoms. The highest BCUT2D eigenvalue weighted by Crippen LogP contribution is 2.38. The van der Waals surface area contributed by atoms with Crippen LogP contribution in [0.3, 0.4) is 0 Å². The maximum atomic E-state index is 13.6. The van der Waals surface area contributed by atoms with Gasteiger partial charge < -0.3 is 10.4 Å². The van der Waals surface area contributed by atoms with Gasteiger partial charge in [0.1, 0.15) is 10.8 Å². The van der Waals surface area contributed by atoms with Crippen LogP contribution in [0.5, 0.6) is 0 Å². The minimum Gasteiger partial charge on any atom is -0.389 e. The van der Waals surface area contributed by atoms with Crippen LogP contribution in [0.4, 0.5) is 5.95 Å². The number of nitrogens with zero attached hydrogens (tertiary/aromatic N) is 4. The molecule has 210 valence electrons. The largest absolute Gasteiger partial charge is 0.389 e. The summed E-state index contributed by atoms with van der Waals surface area (Å²) in [7, 11) is 0. The molecule has 7 nitrogen and oxygen atoms in total. The van der Waals surface area contributed by atoms with Crippen molar-refractivity contribution in [3.63, 3.8) is 0 Å². The van der Waals surface area contributed by atoms with Crippen LogP contribution >= 0.6 is 11.6 Å². The molecule has 3 aromatic rings. The molecular weight excluding hydrogens is 510 g/mol. The third-order valence-electron chi connectivity index (χ3n) is 8.45. The fourth-order valence-electron chi connectivity index (χ4n) is 6.53. The molecule has 2 N–H and O–H groups in total. The number of aromatic nitrogens is 4. The minimum absolute atomic E-state index is 0.0664. The van der Waals surface area contributed by atoms with Crippen molar-refractivity contribution in [2.75, 3.05) is 5.32 Å². The topological polar surface area (TPSA) is 85.0 Å². The molecule has 0 amide bonds. The lowest BCUT2D eigenvalue weighted by molar-refractivity contribution is 0.0605. The van der Waals surface area contributed by atoms with Crippen molar-refractivity contribution in [1.82, 2.24) is 19.1 Å². The molecule has 2 saturated carbocycles. The van der Waals surface area contributed by atoms with Gasteiger partial charge in [-0.3, -0.25) is 9.13 Å². The molecule has 0 bridgehead atoms. The van der Waals surface area contributed by atoms with E-state index in [0.717, 1.165) is 30.2 Å². The van der Waals surface area contributed by atoms with Gasteiger partial charge in [-0.05, 0) is 82.1 Å². The first-order chi connectivity index (χ1) is 18.7. The number of aliphatic hydroxyl groups is 1. The Morgan fingerprint density at radius 2 is 1.72 bits per heavy atom. The van der Waals surface area contributed by atoms with Gasteiger partial charge in [0.25, 0.3) is 0 Å². The Hall–Kier alpha value is -2.64. The summed E-state index contributed by atoms with van der Waals surface area (Å²) in [4.78, 5) is 23.0. The number of nitrogens with one attached hydrogen (secondary N) is 1. The Balaban J connectivity index is 1.40. The summed E-state index contributed by atoms with van der Waals surface area (Å²) in [5.74, 6) is 2.31. The summed E-state index contributed by atoms with van der Waals surface area (Å²) in [6, 6.07) is 9.87. The van der Waals surface area contributed by atoms with E-state index < -0.39 is 5.60 Å². The van der Waals surface area contributed by atoms with Crippen molar-refractivity contribution in [2.24, 2.45) is 11.8 Å². The second-order valence-electron chi connectivity index (χ2n) is 12.3. The number of hydrogen-bond donors (Lipinski definition) is 2. The number of aryl methyl sites for hydroxylation is 1. The number of halogens is 1. The first-order valence-corrected chi connectivity index (χ1v) is 15.0. The van der Waals surface area contributed by atoms with Gasteiger partial charge in [0.2, 0.25) is 5.95 Å². The lowest BCUT2D eigenvalue weighted by Crippen LogP contribution is -2.33. The molecule has 5 rings (SSSR count). The zero-order valence-corrected chi connectivity index (χ0v) is 24.3. The molecule has 0 saturated heterocycles. The van der Waals surface area contributed by atoms with Crippen molar-refractivity contribution < 1.29 is 5.11 Å². The number of hydrogen-bond acceptors (Lipinski definition) is 5. The van der Waals surface area contributed by atoms with Crippen molar-refractivity contribution in [2.45, 2.75) is 103 Å². The third-order valence-corrected chi connectivity index (χ3v) is 8.84. The maximum absolute atomic E-state index is 13.6. The molecule has 1 aromatic carbocycles. The van der Waals surface area contributed by atoms with Crippen LogP contribution in [0.15, 0.2) is 41.3 Å². The van der Waals surface area contributed by atoms with Crippen molar-refractivity contribution in [3.8, 4) is 17.1 Å². The van der Waals surface area contributed by atoms with Crippen LogP contribution in [0.25, 0.3) is 17.1 Å². The zero-order chi connectivity index (χ0) is 27.6. The minimum atomic E-state index is -1.11. The summed E-state index contributed by atoms with van der Waals surface area (Å²) < 4.78 is 3.01. The summed E-state index contributed by atoms with van der Waals surface area (Å²) >= 11 is 6.86. The average Bonchev–Trinajstić information content (AvgIpc) is 3.07. The van der Waals surface area contributed by atoms with E-state index in [1.165, 1.54) is 55.9 Å². The van der Waals surface area contributed by atoms with Gasteiger partial charge in [-0.1, -0.05) is 62.3 Å². The Morgan fingerprint density at radius 3 is 2.38 bits per heavy atom. The second kappa shape index (κ2) is 11.8. The molecule has 2 heterocycles. The highest BCUT2D eigenvalue weighted by atomic mass is 35.5. The third kappa shape index (κ3) is 6.58. The smallest absolute Gasteiger partial charge is 0.334 e. The van der Waals surface area contributed by atoms with E-state index in [4.69, 9.17) is 16.6 Å². The predicted octanol–water partition coefficient (Wildman–Crippen LogP) is 6.77. The molecule has 0 atom stereocenters. The molecule has 2 aliphatic carbocycles. The number of rotatable bonds is 7. The molecule has 0 spiro atoms. The van der Waals surface area contributed by atoms with E-state index in [9.17, 15) is 9.90 Å². The Kier molecular flexibility index (Phi) is 8.48. The summed E-state index contributed by atoms with van der Waals surface area (Å²) in [5.41, 5.74) is 1.37. The van der Waals surface area contributed by atoms with E-state index in [1.54, 1.807) is 30.7 Å². The highest BCUT2D eigenvalue weighted by Gasteiger charge is 2.29. The predicted molar refractivity (Wildman–Crippen MR) is 158 cm³/mol. The van der Waals surface area contributed by atoms with Gasteiger partial charge in [-0.15, -0.1) is 0 Å². The van der Waals surface area contributed by atoms with Crippen LogP contribution in [-0.4, -0.2) is 35.9 Å². The van der Waals surface area contributed by atoms with Gasteiger partial charge >= 0.3 is 5.69 Å². The van der Waals surface area contributed by atoms with Crippen LogP contribution in [-0.2, 0) is 6.54 Å². The Labute approximate surface area is 236 Å². The number of benzene rings is 1. The molecule has 2 aliphatic rings. The van der Waals surface area contributed by atoms with Crippen molar-refractivity contribution >= 4 is 17.5 Å². The fraction of sp³-hybridized carbons (Fsp3) is 0.581. The van der Waals surface area contributed by atoms with E-state index in [2.05, 4.69) is 10.3 Å². The quantitative estimate of drug-likeness (QED) is 0.316. The highest BCUT2D eigenvalue weighted by molar-refractivity contribution is 6.32. The molecule has 2 aromatic heterocycles. The van der Waals surface area contributed by atoms with Crippen LogP contribution in [0.2, 0.25) is 5.15 Å². The zero-order valence-electron chi connectivity index (χ0n) is 23.5. The van der Waals surface area contributed by atoms with Crippen molar-refractivity contribution in [3.05, 3.63) is 57.7 Å². The van der Waals surface area contributed by atoms with E-state index >= 15 is 0 Å². The molecule has 0 aliphatic heterocycles. The lowest BCUT2D eigenvalue weighted by atomic mass is 9.75. The van der Waals surface area contributed by atoms with Crippen LogP contribution in [0, 0.1) is 18.8 Å². The van der Waals surface area contributed by atoms with E-state index in [1.807, 2.05) is 31.2 Å². The standard InChI is InChI=1S/C31H42ClN5O2/c1-21-9-8-12-25(19-21)37-27(28(32)36(30(37)38)20-31(2,3)39)26-17-18-33-29(35-26)34-24-15-13-23(14-16-24)22-10-6-4-5-7-11-22/h8-9,12,17-19,22-24,39H,4-7,10-11,13-16,20H2,1-3H3,(H,33,34,35). The van der Waals surface area contributed by atoms with E-state index in [-0.39, 0.29) is 17.4 Å². The number of imidazole rings is 1. The first-order valence-electron chi connectivity index (χ1n) is 14.6. The lowest BCUT2D eigenvalue weighted by Gasteiger charge is -2.34. The second-order valence-corrected chi connectivity index (χ2v) is 12.6. The summed E-state index contributed by atoms with van der Waals surface area (Å²) in [5, 5.41) is 14.3. The van der Waals surface area contributed by atoms with Gasteiger partial charge in [-0.25, -0.2) is 14.8 Å². The summed E-state index contributed by atoms with van der Waals surface area (Å²) in [6.45, 7) is 5.38. The Morgan fingerprint density at radius 1 is 1.03 bits per heavy atom. The van der Waals surface area contributed by atoms with Gasteiger partial charge in [-0.2, -0.15) is 0 Å². The van der Waals surface area contributed by atoms with Crippen LogP contribution < -0.4 is 11.0 Å². The molecule has 2 fully saturated rings. The normalized spacial score (nSPS) is 21.1. The first kappa shape index (κ1) is 27.9. The summed E-state index contributed by atoms with van der Waals surface area (Å²) in [6.07, 6.45) is 14.9. The van der Waals surface area contributed by atoms with Crippen LogP contribution in [0.1, 0.15) is 83.6 Å². The fourth-order valence-corrected chi connectivity index (χ4v) is 6.84. The van der Waals surface area contributed by atoms with E-state index in [0.29, 0.717) is 29.1 Å². The monoisotopic (exact) mass is 551 g/mol. The average molecular weight is 552 g/mol. The molecular formula is C31H42ClN5O2. The SMILES string of the molecule is Cc1cccc(-n2c(-c3ccnc(NC4CCC(C5CCCCCC5)CC4)n3)c(Cl)n(CC(C)(C)O)c2=O)c1. The molecule has 8 heteroatoms. The Bertz CT molecular complexity index is 1330. The van der Waals surface area contributed by atoms with Crippen molar-refractivity contribution in [1.29, 1.82) is 0 Å². The maximum Gasteiger partial charge on any atom is 0.334 e. The number of anilines is 1. The molecule has 0 unspecified atom stereocenters. The molecule has 0 radical (unpaired) electrons. The van der Waals surface area contributed by atoms with Gasteiger partial charge in [0.15, 0.2) is 0 Å².